The standard InChI is InChI=1S/C13H23N3/c1-11-2-3-13(10-11)15-12-4-7-16(8-5-12)9-6-14/h11-13,15H,2-5,7-10H2,1H3. The Morgan fingerprint density at radius 1 is 1.19 bits per heavy atom. The van der Waals surface area contributed by atoms with E-state index >= 15 is 0 Å². The van der Waals surface area contributed by atoms with Crippen molar-refractivity contribution in [2.45, 2.75) is 51.1 Å². The monoisotopic (exact) mass is 221 g/mol. The van der Waals surface area contributed by atoms with Crippen LogP contribution in [0.4, 0.5) is 0 Å². The lowest BCUT2D eigenvalue weighted by Crippen LogP contribution is -2.45. The van der Waals surface area contributed by atoms with E-state index in [9.17, 15) is 0 Å². The van der Waals surface area contributed by atoms with Gasteiger partial charge in [0.15, 0.2) is 0 Å². The van der Waals surface area contributed by atoms with Crippen LogP contribution in [0.1, 0.15) is 39.0 Å². The maximum absolute atomic E-state index is 8.64. The molecular formula is C13H23N3. The Balaban J connectivity index is 1.67. The van der Waals surface area contributed by atoms with Crippen molar-refractivity contribution in [3.8, 4) is 6.07 Å². The number of piperidine rings is 1. The number of nitrogens with one attached hydrogen (secondary N) is 1. The van der Waals surface area contributed by atoms with E-state index < -0.39 is 0 Å². The van der Waals surface area contributed by atoms with Crippen LogP contribution < -0.4 is 5.32 Å². The van der Waals surface area contributed by atoms with Gasteiger partial charge in [0.2, 0.25) is 0 Å². The summed E-state index contributed by atoms with van der Waals surface area (Å²) >= 11 is 0. The van der Waals surface area contributed by atoms with Crippen molar-refractivity contribution in [2.75, 3.05) is 19.6 Å². The fourth-order valence-electron chi connectivity index (χ4n) is 3.05. The molecule has 1 saturated heterocycles. The molecule has 2 aliphatic rings. The first-order valence-electron chi connectivity index (χ1n) is 6.63. The van der Waals surface area contributed by atoms with Crippen LogP contribution in [-0.2, 0) is 0 Å². The van der Waals surface area contributed by atoms with E-state index in [2.05, 4.69) is 23.2 Å². The lowest BCUT2D eigenvalue weighted by atomic mass is 10.0. The molecule has 1 aliphatic heterocycles. The highest BCUT2D eigenvalue weighted by molar-refractivity contribution is 4.87. The molecule has 2 atom stereocenters. The largest absolute Gasteiger partial charge is 0.311 e. The Labute approximate surface area is 98.8 Å². The highest BCUT2D eigenvalue weighted by Crippen LogP contribution is 2.25. The average Bonchev–Trinajstić information content (AvgIpc) is 2.67. The molecule has 0 aromatic heterocycles. The van der Waals surface area contributed by atoms with E-state index in [4.69, 9.17) is 5.26 Å². The van der Waals surface area contributed by atoms with Crippen LogP contribution in [0.25, 0.3) is 0 Å². The third-order valence-electron chi connectivity index (χ3n) is 4.05. The van der Waals surface area contributed by atoms with Gasteiger partial charge in [-0.3, -0.25) is 4.90 Å². The third kappa shape index (κ3) is 3.20. The van der Waals surface area contributed by atoms with Crippen molar-refractivity contribution >= 4 is 0 Å². The zero-order valence-electron chi connectivity index (χ0n) is 10.3. The number of nitrogens with zero attached hydrogens (tertiary/aromatic N) is 2. The molecule has 1 heterocycles. The molecule has 90 valence electrons. The summed E-state index contributed by atoms with van der Waals surface area (Å²) in [6.07, 6.45) is 6.54. The van der Waals surface area contributed by atoms with Crippen LogP contribution in [-0.4, -0.2) is 36.6 Å². The number of likely N-dealkylation sites (tertiary alicyclic amines) is 1. The Morgan fingerprint density at radius 3 is 2.50 bits per heavy atom. The molecule has 3 heteroatoms. The minimum atomic E-state index is 0.604. The zero-order chi connectivity index (χ0) is 11.4. The van der Waals surface area contributed by atoms with Crippen molar-refractivity contribution in [2.24, 2.45) is 5.92 Å². The topological polar surface area (TPSA) is 39.1 Å². The molecule has 1 aliphatic carbocycles. The van der Waals surface area contributed by atoms with Gasteiger partial charge in [0.1, 0.15) is 0 Å². The lowest BCUT2D eigenvalue weighted by molar-refractivity contribution is 0.208. The third-order valence-corrected chi connectivity index (χ3v) is 4.05. The fraction of sp³-hybridized carbons (Fsp3) is 0.923. The van der Waals surface area contributed by atoms with E-state index in [1.54, 1.807) is 0 Å². The highest BCUT2D eigenvalue weighted by atomic mass is 15.1. The van der Waals surface area contributed by atoms with Crippen LogP contribution >= 0.6 is 0 Å². The summed E-state index contributed by atoms with van der Waals surface area (Å²) in [7, 11) is 0. The Bertz CT molecular complexity index is 250. The first-order chi connectivity index (χ1) is 7.78. The number of hydrogen-bond donors (Lipinski definition) is 1. The maximum atomic E-state index is 8.64. The van der Waals surface area contributed by atoms with Gasteiger partial charge in [0.05, 0.1) is 12.6 Å². The number of rotatable bonds is 3. The molecule has 1 saturated carbocycles. The molecule has 0 aromatic carbocycles. The average molecular weight is 221 g/mol. The molecule has 0 radical (unpaired) electrons. The SMILES string of the molecule is CC1CCC(NC2CCN(CC#N)CC2)C1. The van der Waals surface area contributed by atoms with Crippen LogP contribution in [0.15, 0.2) is 0 Å². The number of hydrogen-bond acceptors (Lipinski definition) is 3. The molecule has 0 aromatic rings. The predicted molar refractivity (Wildman–Crippen MR) is 65.0 cm³/mol. The summed E-state index contributed by atoms with van der Waals surface area (Å²) in [4.78, 5) is 2.26. The van der Waals surface area contributed by atoms with Crippen molar-refractivity contribution < 1.29 is 0 Å². The van der Waals surface area contributed by atoms with Crippen LogP contribution in [0.2, 0.25) is 0 Å². The molecular weight excluding hydrogens is 198 g/mol. The second-order valence-corrected chi connectivity index (χ2v) is 5.49. The second kappa shape index (κ2) is 5.65. The molecule has 0 spiro atoms. The van der Waals surface area contributed by atoms with E-state index in [0.29, 0.717) is 12.6 Å². The first-order valence-corrected chi connectivity index (χ1v) is 6.63. The molecule has 2 rings (SSSR count). The minimum Gasteiger partial charge on any atom is -0.311 e. The van der Waals surface area contributed by atoms with Gasteiger partial charge in [-0.2, -0.15) is 5.26 Å². The van der Waals surface area contributed by atoms with Gasteiger partial charge >= 0.3 is 0 Å². The van der Waals surface area contributed by atoms with Crippen molar-refractivity contribution in [3.63, 3.8) is 0 Å². The molecule has 2 unspecified atom stereocenters. The first kappa shape index (κ1) is 11.9. The van der Waals surface area contributed by atoms with E-state index in [1.807, 2.05) is 0 Å². The summed E-state index contributed by atoms with van der Waals surface area (Å²) in [6, 6.07) is 3.70. The minimum absolute atomic E-state index is 0.604. The van der Waals surface area contributed by atoms with Crippen molar-refractivity contribution in [3.05, 3.63) is 0 Å². The molecule has 0 bridgehead atoms. The highest BCUT2D eigenvalue weighted by Gasteiger charge is 2.25. The van der Waals surface area contributed by atoms with Crippen LogP contribution in [0.5, 0.6) is 0 Å². The fourth-order valence-corrected chi connectivity index (χ4v) is 3.05. The summed E-state index contributed by atoms with van der Waals surface area (Å²) in [6.45, 7) is 5.14. The number of nitriles is 1. The van der Waals surface area contributed by atoms with E-state index in [-0.39, 0.29) is 0 Å². The Hall–Kier alpha value is -0.590. The quantitative estimate of drug-likeness (QED) is 0.738. The van der Waals surface area contributed by atoms with E-state index in [0.717, 1.165) is 25.0 Å². The Kier molecular flexibility index (Phi) is 4.20. The van der Waals surface area contributed by atoms with Gasteiger partial charge < -0.3 is 5.32 Å². The summed E-state index contributed by atoms with van der Waals surface area (Å²) in [5, 5.41) is 12.4. The van der Waals surface area contributed by atoms with Gasteiger partial charge in [-0.25, -0.2) is 0 Å². The predicted octanol–water partition coefficient (Wildman–Crippen LogP) is 1.75. The molecule has 3 nitrogen and oxygen atoms in total. The van der Waals surface area contributed by atoms with Gasteiger partial charge in [0.25, 0.3) is 0 Å². The van der Waals surface area contributed by atoms with Crippen molar-refractivity contribution in [1.82, 2.24) is 10.2 Å². The Morgan fingerprint density at radius 2 is 1.94 bits per heavy atom. The lowest BCUT2D eigenvalue weighted by Gasteiger charge is -2.32. The van der Waals surface area contributed by atoms with Gasteiger partial charge in [-0.15, -0.1) is 0 Å². The second-order valence-electron chi connectivity index (χ2n) is 5.49. The molecule has 2 fully saturated rings. The van der Waals surface area contributed by atoms with Crippen molar-refractivity contribution in [1.29, 1.82) is 5.26 Å². The molecule has 0 amide bonds. The van der Waals surface area contributed by atoms with Crippen LogP contribution in [0, 0.1) is 17.2 Å². The van der Waals surface area contributed by atoms with Gasteiger partial charge in [-0.1, -0.05) is 6.92 Å². The van der Waals surface area contributed by atoms with E-state index in [1.165, 1.54) is 32.1 Å². The summed E-state index contributed by atoms with van der Waals surface area (Å²) < 4.78 is 0. The normalized spacial score (nSPS) is 32.8. The smallest absolute Gasteiger partial charge is 0.0866 e. The summed E-state index contributed by atoms with van der Waals surface area (Å²) in [5.41, 5.74) is 0. The van der Waals surface area contributed by atoms with Gasteiger partial charge in [-0.05, 0) is 38.0 Å². The zero-order valence-corrected chi connectivity index (χ0v) is 10.3. The molecule has 16 heavy (non-hydrogen) atoms. The maximum Gasteiger partial charge on any atom is 0.0866 e. The molecule has 1 N–H and O–H groups in total. The van der Waals surface area contributed by atoms with Crippen LogP contribution in [0.3, 0.4) is 0 Å². The van der Waals surface area contributed by atoms with Gasteiger partial charge in [0, 0.05) is 25.2 Å². The summed E-state index contributed by atoms with van der Waals surface area (Å²) in [5.74, 6) is 0.913.